The molecule has 0 saturated carbocycles. The first-order chi connectivity index (χ1) is 10.9. The van der Waals surface area contributed by atoms with Crippen molar-refractivity contribution in [3.63, 3.8) is 0 Å². The first kappa shape index (κ1) is 17.7. The lowest BCUT2D eigenvalue weighted by molar-refractivity contribution is -0.384. The van der Waals surface area contributed by atoms with Crippen LogP contribution in [0, 0.1) is 10.1 Å². The monoisotopic (exact) mass is 342 g/mol. The molecule has 0 aliphatic carbocycles. The van der Waals surface area contributed by atoms with Crippen LogP contribution in [0.3, 0.4) is 0 Å². The van der Waals surface area contributed by atoms with E-state index >= 15 is 0 Å². The summed E-state index contributed by atoms with van der Waals surface area (Å²) in [4.78, 5) is 10.2. The minimum absolute atomic E-state index is 0.0224. The van der Waals surface area contributed by atoms with E-state index in [2.05, 4.69) is 0 Å². The Balaban J connectivity index is 1.86. The average Bonchev–Trinajstić information content (AvgIpc) is 2.54. The summed E-state index contributed by atoms with van der Waals surface area (Å²) in [5.41, 5.74) is 0.0224. The molecule has 1 saturated heterocycles. The van der Waals surface area contributed by atoms with E-state index in [1.807, 2.05) is 6.92 Å². The molecule has 2 rings (SSSR count). The molecule has 0 N–H and O–H groups in total. The van der Waals surface area contributed by atoms with Crippen molar-refractivity contribution in [2.75, 3.05) is 18.8 Å². The predicted molar refractivity (Wildman–Crippen MR) is 87.0 cm³/mol. The van der Waals surface area contributed by atoms with Crippen LogP contribution in [0.25, 0.3) is 0 Å². The Bertz CT molecular complexity index is 622. The number of nitrogens with zero attached hydrogens (tertiary/aromatic N) is 2. The number of nitro groups is 1. The van der Waals surface area contributed by atoms with Gasteiger partial charge in [-0.3, -0.25) is 10.1 Å². The third kappa shape index (κ3) is 4.90. The fourth-order valence-corrected chi connectivity index (χ4v) is 4.20. The minimum atomic E-state index is -3.15. The molecule has 0 amide bonds. The first-order valence-electron chi connectivity index (χ1n) is 7.81. The molecule has 0 aromatic heterocycles. The van der Waals surface area contributed by atoms with Crippen molar-refractivity contribution in [2.45, 2.75) is 38.7 Å². The second-order valence-corrected chi connectivity index (χ2v) is 7.73. The molecular weight excluding hydrogens is 320 g/mol. The lowest BCUT2D eigenvalue weighted by Gasteiger charge is -2.31. The number of ether oxygens (including phenoxy) is 1. The van der Waals surface area contributed by atoms with Gasteiger partial charge >= 0.3 is 0 Å². The fraction of sp³-hybridized carbons (Fsp3) is 0.600. The van der Waals surface area contributed by atoms with Crippen LogP contribution in [0.15, 0.2) is 24.3 Å². The van der Waals surface area contributed by atoms with Crippen LogP contribution in [0.2, 0.25) is 0 Å². The maximum atomic E-state index is 12.1. The van der Waals surface area contributed by atoms with Crippen molar-refractivity contribution in [1.82, 2.24) is 4.31 Å². The summed E-state index contributed by atoms with van der Waals surface area (Å²) in [7, 11) is -3.15. The second-order valence-electron chi connectivity index (χ2n) is 5.64. The molecular formula is C15H22N2O5S. The van der Waals surface area contributed by atoms with Gasteiger partial charge in [0, 0.05) is 25.2 Å². The Morgan fingerprint density at radius 1 is 1.26 bits per heavy atom. The SMILES string of the molecule is CCCCS(=O)(=O)N1CCC(Oc2ccc([N+](=O)[O-])cc2)CC1. The van der Waals surface area contributed by atoms with Gasteiger partial charge in [-0.05, 0) is 31.4 Å². The van der Waals surface area contributed by atoms with Gasteiger partial charge in [-0.15, -0.1) is 0 Å². The van der Waals surface area contributed by atoms with E-state index in [1.54, 1.807) is 16.4 Å². The fourth-order valence-electron chi connectivity index (χ4n) is 2.52. The van der Waals surface area contributed by atoms with Crippen LogP contribution in [0.5, 0.6) is 5.75 Å². The molecule has 1 aromatic rings. The molecule has 1 fully saturated rings. The average molecular weight is 342 g/mol. The quantitative estimate of drug-likeness (QED) is 0.561. The Kier molecular flexibility index (Phi) is 5.95. The van der Waals surface area contributed by atoms with Crippen LogP contribution in [-0.2, 0) is 10.0 Å². The van der Waals surface area contributed by atoms with Gasteiger partial charge in [-0.25, -0.2) is 12.7 Å². The standard InChI is InChI=1S/C15H22N2O5S/c1-2-3-12-23(20,21)16-10-8-15(9-11-16)22-14-6-4-13(5-7-14)17(18)19/h4-7,15H,2-3,8-12H2,1H3. The smallest absolute Gasteiger partial charge is 0.269 e. The predicted octanol–water partition coefficient (Wildman–Crippen LogP) is 2.57. The van der Waals surface area contributed by atoms with Crippen molar-refractivity contribution in [2.24, 2.45) is 0 Å². The van der Waals surface area contributed by atoms with Crippen molar-refractivity contribution in [3.05, 3.63) is 34.4 Å². The zero-order valence-electron chi connectivity index (χ0n) is 13.2. The Morgan fingerprint density at radius 3 is 2.39 bits per heavy atom. The van der Waals surface area contributed by atoms with Crippen molar-refractivity contribution in [3.8, 4) is 5.75 Å². The van der Waals surface area contributed by atoms with Gasteiger partial charge in [-0.2, -0.15) is 0 Å². The molecule has 1 aromatic carbocycles. The van der Waals surface area contributed by atoms with Crippen LogP contribution in [0.1, 0.15) is 32.6 Å². The van der Waals surface area contributed by atoms with Gasteiger partial charge in [0.05, 0.1) is 10.7 Å². The molecule has 1 aliphatic rings. The first-order valence-corrected chi connectivity index (χ1v) is 9.42. The number of benzene rings is 1. The summed E-state index contributed by atoms with van der Waals surface area (Å²) < 4.78 is 31.6. The zero-order chi connectivity index (χ0) is 16.9. The summed E-state index contributed by atoms with van der Waals surface area (Å²) in [5, 5.41) is 10.6. The maximum Gasteiger partial charge on any atom is 0.269 e. The molecule has 0 bridgehead atoms. The Labute approximate surface area is 136 Å². The molecule has 7 nitrogen and oxygen atoms in total. The molecule has 1 heterocycles. The minimum Gasteiger partial charge on any atom is -0.490 e. The van der Waals surface area contributed by atoms with Gasteiger partial charge in [0.2, 0.25) is 10.0 Å². The second kappa shape index (κ2) is 7.74. The molecule has 1 aliphatic heterocycles. The molecule has 0 spiro atoms. The van der Waals surface area contributed by atoms with Gasteiger partial charge < -0.3 is 4.74 Å². The lowest BCUT2D eigenvalue weighted by atomic mass is 10.1. The zero-order valence-corrected chi connectivity index (χ0v) is 14.0. The number of rotatable bonds is 7. The summed E-state index contributed by atoms with van der Waals surface area (Å²) in [6.45, 7) is 2.90. The summed E-state index contributed by atoms with van der Waals surface area (Å²) >= 11 is 0. The van der Waals surface area contributed by atoms with E-state index in [-0.39, 0.29) is 17.5 Å². The Morgan fingerprint density at radius 2 is 1.87 bits per heavy atom. The summed E-state index contributed by atoms with van der Waals surface area (Å²) in [5.74, 6) is 0.778. The van der Waals surface area contributed by atoms with E-state index in [1.165, 1.54) is 12.1 Å². The Hall–Kier alpha value is -1.67. The lowest BCUT2D eigenvalue weighted by Crippen LogP contribution is -2.42. The topological polar surface area (TPSA) is 89.8 Å². The van der Waals surface area contributed by atoms with E-state index < -0.39 is 14.9 Å². The highest BCUT2D eigenvalue weighted by atomic mass is 32.2. The van der Waals surface area contributed by atoms with Crippen LogP contribution in [0.4, 0.5) is 5.69 Å². The number of non-ortho nitro benzene ring substituents is 1. The summed E-state index contributed by atoms with van der Waals surface area (Å²) in [6, 6.07) is 5.95. The third-order valence-corrected chi connectivity index (χ3v) is 5.86. The van der Waals surface area contributed by atoms with Gasteiger partial charge in [0.25, 0.3) is 5.69 Å². The van der Waals surface area contributed by atoms with E-state index in [9.17, 15) is 18.5 Å². The molecule has 0 atom stereocenters. The largest absolute Gasteiger partial charge is 0.490 e. The maximum absolute atomic E-state index is 12.1. The van der Waals surface area contributed by atoms with Crippen molar-refractivity contribution < 1.29 is 18.1 Å². The highest BCUT2D eigenvalue weighted by Gasteiger charge is 2.28. The highest BCUT2D eigenvalue weighted by Crippen LogP contribution is 2.23. The van der Waals surface area contributed by atoms with Crippen LogP contribution in [-0.4, -0.2) is 42.6 Å². The summed E-state index contributed by atoms with van der Waals surface area (Å²) in [6.07, 6.45) is 2.74. The van der Waals surface area contributed by atoms with E-state index in [4.69, 9.17) is 4.74 Å². The van der Waals surface area contributed by atoms with Crippen molar-refractivity contribution in [1.29, 1.82) is 0 Å². The number of sulfonamides is 1. The number of hydrogen-bond donors (Lipinski definition) is 0. The molecule has 0 unspecified atom stereocenters. The van der Waals surface area contributed by atoms with E-state index in [0.29, 0.717) is 38.1 Å². The number of unbranched alkanes of at least 4 members (excludes halogenated alkanes) is 1. The van der Waals surface area contributed by atoms with Gasteiger partial charge in [0.15, 0.2) is 0 Å². The normalized spacial score (nSPS) is 17.1. The third-order valence-electron chi connectivity index (χ3n) is 3.90. The number of piperidine rings is 1. The van der Waals surface area contributed by atoms with Gasteiger partial charge in [-0.1, -0.05) is 13.3 Å². The highest BCUT2D eigenvalue weighted by molar-refractivity contribution is 7.89. The van der Waals surface area contributed by atoms with E-state index in [0.717, 1.165) is 6.42 Å². The van der Waals surface area contributed by atoms with Crippen LogP contribution < -0.4 is 4.74 Å². The molecule has 128 valence electrons. The van der Waals surface area contributed by atoms with Crippen LogP contribution >= 0.6 is 0 Å². The number of nitro benzene ring substituents is 1. The van der Waals surface area contributed by atoms with Gasteiger partial charge in [0.1, 0.15) is 11.9 Å². The molecule has 23 heavy (non-hydrogen) atoms. The molecule has 0 radical (unpaired) electrons. The van der Waals surface area contributed by atoms with Crippen molar-refractivity contribution >= 4 is 15.7 Å². The number of hydrogen-bond acceptors (Lipinski definition) is 5. The molecule has 8 heteroatoms.